The van der Waals surface area contributed by atoms with E-state index < -0.39 is 36.1 Å². The molecule has 1 aromatic carbocycles. The Bertz CT molecular complexity index is 1150. The standard InChI is InChI=1S/C30H38N2O8/c1-30(2,3)40-29(37)32-18-6-8-26(32)28(36)39-20-24(34)16-14-22-11-9-21(10-12-22)13-15-23(33)19-38-27(35)25-7-5-17-31(25)4/h9-16,25-26H,5-8,17-20H2,1-4H3/b15-13+,16-14+/t25?,26-/m0/s1. The molecule has 1 amide bonds. The first-order valence-electron chi connectivity index (χ1n) is 13.5. The Kier molecular flexibility index (Phi) is 10.8. The van der Waals surface area contributed by atoms with Gasteiger partial charge in [-0.3, -0.25) is 24.2 Å². The van der Waals surface area contributed by atoms with Crippen molar-refractivity contribution >= 4 is 41.8 Å². The summed E-state index contributed by atoms with van der Waals surface area (Å²) in [4.78, 5) is 64.5. The lowest BCUT2D eigenvalue weighted by atomic mass is 10.1. The van der Waals surface area contributed by atoms with Crippen LogP contribution >= 0.6 is 0 Å². The van der Waals surface area contributed by atoms with Crippen LogP contribution in [0.15, 0.2) is 36.4 Å². The molecule has 0 spiro atoms. The van der Waals surface area contributed by atoms with Gasteiger partial charge in [-0.05, 0) is 83.3 Å². The van der Waals surface area contributed by atoms with Crippen LogP contribution in [-0.4, -0.2) is 90.4 Å². The van der Waals surface area contributed by atoms with E-state index in [2.05, 4.69) is 0 Å². The zero-order chi connectivity index (χ0) is 29.3. The number of hydrogen-bond acceptors (Lipinski definition) is 9. The van der Waals surface area contributed by atoms with Crippen molar-refractivity contribution in [3.8, 4) is 0 Å². The number of esters is 2. The van der Waals surface area contributed by atoms with Crippen molar-refractivity contribution in [2.24, 2.45) is 0 Å². The third-order valence-corrected chi connectivity index (χ3v) is 6.52. The summed E-state index contributed by atoms with van der Waals surface area (Å²) in [7, 11) is 1.86. The van der Waals surface area contributed by atoms with Gasteiger partial charge in [0.25, 0.3) is 0 Å². The molecule has 2 aliphatic heterocycles. The molecule has 10 nitrogen and oxygen atoms in total. The quantitative estimate of drug-likeness (QED) is 0.243. The van der Waals surface area contributed by atoms with Gasteiger partial charge in [-0.15, -0.1) is 0 Å². The summed E-state index contributed by atoms with van der Waals surface area (Å²) >= 11 is 0. The average Bonchev–Trinajstić information content (AvgIpc) is 3.57. The molecule has 2 atom stereocenters. The molecule has 1 unspecified atom stereocenters. The van der Waals surface area contributed by atoms with E-state index in [1.165, 1.54) is 17.1 Å². The van der Waals surface area contributed by atoms with Gasteiger partial charge in [-0.1, -0.05) is 36.4 Å². The molecule has 1 aromatic rings. The van der Waals surface area contributed by atoms with Crippen molar-refractivity contribution in [2.45, 2.75) is 64.1 Å². The fourth-order valence-corrected chi connectivity index (χ4v) is 4.43. The number of likely N-dealkylation sites (N-methyl/N-ethyl adjacent to an activating group) is 1. The number of carbonyl (C=O) groups is 5. The van der Waals surface area contributed by atoms with Crippen LogP contribution in [0, 0.1) is 0 Å². The summed E-state index contributed by atoms with van der Waals surface area (Å²) in [5.74, 6) is -1.71. The molecule has 10 heteroatoms. The first-order valence-corrected chi connectivity index (χ1v) is 13.5. The molecule has 216 valence electrons. The van der Waals surface area contributed by atoms with Gasteiger partial charge in [0, 0.05) is 6.54 Å². The van der Waals surface area contributed by atoms with Crippen LogP contribution in [0.4, 0.5) is 4.79 Å². The summed E-state index contributed by atoms with van der Waals surface area (Å²) in [6.45, 7) is 5.77. The zero-order valence-corrected chi connectivity index (χ0v) is 23.6. The lowest BCUT2D eigenvalue weighted by molar-refractivity contribution is -0.151. The lowest BCUT2D eigenvalue weighted by Crippen LogP contribution is -2.44. The molecule has 2 saturated heterocycles. The topological polar surface area (TPSA) is 120 Å². The Labute approximate surface area is 234 Å². The van der Waals surface area contributed by atoms with E-state index in [1.54, 1.807) is 57.2 Å². The lowest BCUT2D eigenvalue weighted by Gasteiger charge is -2.27. The molecule has 0 aliphatic carbocycles. The molecule has 40 heavy (non-hydrogen) atoms. The Balaban J connectivity index is 1.41. The normalized spacial score (nSPS) is 19.8. The third-order valence-electron chi connectivity index (χ3n) is 6.52. The van der Waals surface area contributed by atoms with Gasteiger partial charge in [0.15, 0.2) is 24.8 Å². The van der Waals surface area contributed by atoms with Crippen molar-refractivity contribution in [1.82, 2.24) is 9.80 Å². The van der Waals surface area contributed by atoms with Crippen LogP contribution in [0.25, 0.3) is 12.2 Å². The van der Waals surface area contributed by atoms with E-state index in [0.29, 0.717) is 19.4 Å². The first-order chi connectivity index (χ1) is 18.9. The maximum absolute atomic E-state index is 12.5. The molecular weight excluding hydrogens is 516 g/mol. The number of benzene rings is 1. The van der Waals surface area contributed by atoms with E-state index in [0.717, 1.165) is 30.5 Å². The number of ether oxygens (including phenoxy) is 3. The van der Waals surface area contributed by atoms with Crippen molar-refractivity contribution in [1.29, 1.82) is 0 Å². The number of carbonyl (C=O) groups excluding carboxylic acids is 5. The van der Waals surface area contributed by atoms with Gasteiger partial charge in [0.05, 0.1) is 0 Å². The monoisotopic (exact) mass is 554 g/mol. The van der Waals surface area contributed by atoms with E-state index >= 15 is 0 Å². The van der Waals surface area contributed by atoms with Gasteiger partial charge < -0.3 is 14.2 Å². The van der Waals surface area contributed by atoms with Gasteiger partial charge in [0.2, 0.25) is 0 Å². The van der Waals surface area contributed by atoms with Crippen LogP contribution in [0.5, 0.6) is 0 Å². The number of amides is 1. The smallest absolute Gasteiger partial charge is 0.411 e. The number of nitrogens with zero attached hydrogens (tertiary/aromatic N) is 2. The van der Waals surface area contributed by atoms with Crippen LogP contribution in [0.1, 0.15) is 57.6 Å². The highest BCUT2D eigenvalue weighted by Gasteiger charge is 2.37. The molecule has 0 N–H and O–H groups in total. The Hall–Kier alpha value is -3.79. The molecule has 2 fully saturated rings. The predicted molar refractivity (Wildman–Crippen MR) is 148 cm³/mol. The van der Waals surface area contributed by atoms with Gasteiger partial charge in [-0.2, -0.15) is 0 Å². The Morgan fingerprint density at radius 1 is 0.800 bits per heavy atom. The van der Waals surface area contributed by atoms with Crippen molar-refractivity contribution in [2.75, 3.05) is 33.4 Å². The highest BCUT2D eigenvalue weighted by atomic mass is 16.6. The minimum Gasteiger partial charge on any atom is -0.456 e. The molecular formula is C30H38N2O8. The second kappa shape index (κ2) is 14.0. The molecule has 0 radical (unpaired) electrons. The third kappa shape index (κ3) is 9.44. The van der Waals surface area contributed by atoms with Crippen LogP contribution < -0.4 is 0 Å². The van der Waals surface area contributed by atoms with Gasteiger partial charge >= 0.3 is 18.0 Å². The number of hydrogen-bond donors (Lipinski definition) is 0. The molecule has 3 rings (SSSR count). The summed E-state index contributed by atoms with van der Waals surface area (Å²) in [6.07, 6.45) is 8.11. The van der Waals surface area contributed by atoms with E-state index in [1.807, 2.05) is 11.9 Å². The minimum absolute atomic E-state index is 0.280. The average molecular weight is 555 g/mol. The Morgan fingerprint density at radius 3 is 1.75 bits per heavy atom. The second-order valence-corrected chi connectivity index (χ2v) is 11.0. The van der Waals surface area contributed by atoms with Crippen LogP contribution in [-0.2, 0) is 33.4 Å². The van der Waals surface area contributed by atoms with Gasteiger partial charge in [-0.25, -0.2) is 9.59 Å². The fraction of sp³-hybridized carbons (Fsp3) is 0.500. The van der Waals surface area contributed by atoms with E-state index in [-0.39, 0.29) is 24.4 Å². The summed E-state index contributed by atoms with van der Waals surface area (Å²) in [6, 6.07) is 6.05. The van der Waals surface area contributed by atoms with Crippen LogP contribution in [0.2, 0.25) is 0 Å². The summed E-state index contributed by atoms with van der Waals surface area (Å²) < 4.78 is 15.7. The molecule has 0 aromatic heterocycles. The molecule has 2 heterocycles. The molecule has 0 bridgehead atoms. The second-order valence-electron chi connectivity index (χ2n) is 11.0. The predicted octanol–water partition coefficient (Wildman–Crippen LogP) is 3.43. The summed E-state index contributed by atoms with van der Waals surface area (Å²) in [5, 5.41) is 0. The molecule has 0 saturated carbocycles. The molecule has 2 aliphatic rings. The fourth-order valence-electron chi connectivity index (χ4n) is 4.43. The first kappa shape index (κ1) is 30.7. The van der Waals surface area contributed by atoms with E-state index in [9.17, 15) is 24.0 Å². The van der Waals surface area contributed by atoms with E-state index in [4.69, 9.17) is 14.2 Å². The van der Waals surface area contributed by atoms with Crippen LogP contribution in [0.3, 0.4) is 0 Å². The largest absolute Gasteiger partial charge is 0.456 e. The Morgan fingerprint density at radius 2 is 1.27 bits per heavy atom. The maximum Gasteiger partial charge on any atom is 0.411 e. The van der Waals surface area contributed by atoms with Crippen molar-refractivity contribution in [3.63, 3.8) is 0 Å². The highest BCUT2D eigenvalue weighted by molar-refractivity contribution is 5.96. The summed E-state index contributed by atoms with van der Waals surface area (Å²) in [5.41, 5.74) is 0.826. The zero-order valence-electron chi connectivity index (χ0n) is 23.6. The number of ketones is 2. The number of rotatable bonds is 10. The number of likely N-dealkylation sites (tertiary alicyclic amines) is 2. The van der Waals surface area contributed by atoms with Crippen molar-refractivity contribution < 1.29 is 38.2 Å². The highest BCUT2D eigenvalue weighted by Crippen LogP contribution is 2.22. The SMILES string of the molecule is CN1CCCC1C(=O)OCC(=O)/C=C/c1ccc(/C=C/C(=O)COC(=O)[C@@H]2CCCN2C(=O)OC(C)(C)C)cc1. The minimum atomic E-state index is -0.764. The van der Waals surface area contributed by atoms with Gasteiger partial charge in [0.1, 0.15) is 17.7 Å². The van der Waals surface area contributed by atoms with Crippen molar-refractivity contribution in [3.05, 3.63) is 47.5 Å². The maximum atomic E-state index is 12.5.